The van der Waals surface area contributed by atoms with E-state index >= 15 is 0 Å². The van der Waals surface area contributed by atoms with E-state index in [0.29, 0.717) is 30.9 Å². The summed E-state index contributed by atoms with van der Waals surface area (Å²) in [5, 5.41) is 11.0. The second-order valence-corrected chi connectivity index (χ2v) is 8.87. The quantitative estimate of drug-likeness (QED) is 0.341. The molecule has 9 nitrogen and oxygen atoms in total. The Morgan fingerprint density at radius 2 is 1.52 bits per heavy atom. The maximum Gasteiger partial charge on any atom is 0.240 e. The molecule has 0 aliphatic heterocycles. The predicted octanol–water partition coefficient (Wildman–Crippen LogP) is 2.69. The Bertz CT molecular complexity index is 958. The summed E-state index contributed by atoms with van der Waals surface area (Å²) < 4.78 is 27.3. The van der Waals surface area contributed by atoms with Crippen molar-refractivity contribution >= 4 is 33.0 Å². The Labute approximate surface area is 183 Å². The molecule has 0 radical (unpaired) electrons. The molecule has 0 aliphatic carbocycles. The summed E-state index contributed by atoms with van der Waals surface area (Å²) in [7, 11) is 0.271. The number of hydrogen-bond acceptors (Lipinski definition) is 7. The van der Waals surface area contributed by atoms with Gasteiger partial charge in [-0.2, -0.15) is 10.2 Å². The summed E-state index contributed by atoms with van der Waals surface area (Å²) in [6.45, 7) is 1.23. The fourth-order valence-electron chi connectivity index (χ4n) is 2.58. The van der Waals surface area contributed by atoms with Gasteiger partial charge in [0.2, 0.25) is 15.9 Å². The average molecular weight is 447 g/mol. The van der Waals surface area contributed by atoms with Gasteiger partial charge >= 0.3 is 0 Å². The Kier molecular flexibility index (Phi) is 9.57. The Hall–Kier alpha value is -2.82. The number of hydrogen-bond donors (Lipinski definition) is 3. The third-order valence-electron chi connectivity index (χ3n) is 4.37. The van der Waals surface area contributed by atoms with Gasteiger partial charge in [0.05, 0.1) is 16.3 Å². The molecular weight excluding hydrogens is 416 g/mol. The van der Waals surface area contributed by atoms with Gasteiger partial charge in [0, 0.05) is 39.3 Å². The van der Waals surface area contributed by atoms with Gasteiger partial charge in [-0.3, -0.25) is 4.79 Å². The number of anilines is 1. The fraction of sp³-hybridized carbons (Fsp3) is 0.381. The second-order valence-electron chi connectivity index (χ2n) is 7.10. The standard InChI is InChI=1S/C21H30N6O3S/c1-27(2)19-10-6-17(7-11-19)25-26-18-8-12-20(13-9-18)31(29,30)24-16-3-5-21(28)23-15-4-14-22/h6-13,24H,3-5,14-16,22H2,1-2H3,(H,23,28). The van der Waals surface area contributed by atoms with Crippen molar-refractivity contribution in [3.63, 3.8) is 0 Å². The summed E-state index contributed by atoms with van der Waals surface area (Å²) in [4.78, 5) is 13.7. The molecule has 2 aromatic carbocycles. The molecule has 0 aromatic heterocycles. The van der Waals surface area contributed by atoms with Crippen LogP contribution in [0, 0.1) is 0 Å². The first-order valence-corrected chi connectivity index (χ1v) is 11.6. The summed E-state index contributed by atoms with van der Waals surface area (Å²) in [6.07, 6.45) is 1.38. The van der Waals surface area contributed by atoms with Crippen LogP contribution in [0.25, 0.3) is 0 Å². The molecule has 2 rings (SSSR count). The molecule has 168 valence electrons. The summed E-state index contributed by atoms with van der Waals surface area (Å²) >= 11 is 0. The predicted molar refractivity (Wildman–Crippen MR) is 122 cm³/mol. The minimum atomic E-state index is -3.65. The number of nitrogens with two attached hydrogens (primary N) is 1. The smallest absolute Gasteiger partial charge is 0.240 e. The monoisotopic (exact) mass is 446 g/mol. The molecule has 0 saturated carbocycles. The van der Waals surface area contributed by atoms with Crippen LogP contribution in [-0.4, -0.2) is 48.1 Å². The first kappa shape index (κ1) is 24.4. The van der Waals surface area contributed by atoms with Crippen LogP contribution in [-0.2, 0) is 14.8 Å². The molecule has 0 atom stereocenters. The number of carbonyl (C=O) groups excluding carboxylic acids is 1. The lowest BCUT2D eigenvalue weighted by molar-refractivity contribution is -0.121. The van der Waals surface area contributed by atoms with Gasteiger partial charge in [-0.25, -0.2) is 13.1 Å². The van der Waals surface area contributed by atoms with E-state index in [0.717, 1.165) is 12.1 Å². The summed E-state index contributed by atoms with van der Waals surface area (Å²) in [5.74, 6) is -0.112. The van der Waals surface area contributed by atoms with Crippen LogP contribution < -0.4 is 20.7 Å². The van der Waals surface area contributed by atoms with E-state index in [4.69, 9.17) is 5.73 Å². The zero-order valence-electron chi connectivity index (χ0n) is 17.9. The Morgan fingerprint density at radius 3 is 2.06 bits per heavy atom. The normalized spacial score (nSPS) is 11.6. The third-order valence-corrected chi connectivity index (χ3v) is 5.85. The molecule has 10 heteroatoms. The lowest BCUT2D eigenvalue weighted by atomic mass is 10.3. The van der Waals surface area contributed by atoms with Gasteiger partial charge in [0.15, 0.2) is 0 Å². The van der Waals surface area contributed by atoms with Crippen LogP contribution in [0.2, 0.25) is 0 Å². The summed E-state index contributed by atoms with van der Waals surface area (Å²) in [6, 6.07) is 13.8. The number of amides is 1. The van der Waals surface area contributed by atoms with E-state index < -0.39 is 10.0 Å². The molecule has 31 heavy (non-hydrogen) atoms. The average Bonchev–Trinajstić information content (AvgIpc) is 2.76. The maximum absolute atomic E-state index is 12.4. The highest BCUT2D eigenvalue weighted by molar-refractivity contribution is 7.89. The van der Waals surface area contributed by atoms with Crippen LogP contribution in [0.4, 0.5) is 17.1 Å². The zero-order valence-corrected chi connectivity index (χ0v) is 18.7. The topological polar surface area (TPSA) is 129 Å². The first-order valence-electron chi connectivity index (χ1n) is 10.1. The van der Waals surface area contributed by atoms with E-state index in [-0.39, 0.29) is 23.8 Å². The van der Waals surface area contributed by atoms with Crippen molar-refractivity contribution in [2.24, 2.45) is 16.0 Å². The zero-order chi connectivity index (χ0) is 22.7. The molecule has 0 saturated heterocycles. The highest BCUT2D eigenvalue weighted by atomic mass is 32.2. The lowest BCUT2D eigenvalue weighted by Gasteiger charge is -2.11. The van der Waals surface area contributed by atoms with Crippen molar-refractivity contribution < 1.29 is 13.2 Å². The van der Waals surface area contributed by atoms with E-state index in [1.807, 2.05) is 43.3 Å². The maximum atomic E-state index is 12.4. The van der Waals surface area contributed by atoms with E-state index in [2.05, 4.69) is 20.3 Å². The third kappa shape index (κ3) is 8.44. The Morgan fingerprint density at radius 1 is 0.935 bits per heavy atom. The van der Waals surface area contributed by atoms with Crippen molar-refractivity contribution in [3.8, 4) is 0 Å². The first-order chi connectivity index (χ1) is 14.8. The molecule has 0 fully saturated rings. The van der Waals surface area contributed by atoms with Gasteiger partial charge in [-0.05, 0) is 67.9 Å². The molecule has 4 N–H and O–H groups in total. The largest absolute Gasteiger partial charge is 0.378 e. The molecule has 0 spiro atoms. The number of carbonyl (C=O) groups is 1. The SMILES string of the molecule is CN(C)c1ccc(N=Nc2ccc(S(=O)(=O)NCCCC(=O)NCCCN)cc2)cc1. The number of azo groups is 1. The molecule has 1 amide bonds. The van der Waals surface area contributed by atoms with Crippen molar-refractivity contribution in [1.82, 2.24) is 10.0 Å². The van der Waals surface area contributed by atoms with Crippen LogP contribution in [0.5, 0.6) is 0 Å². The van der Waals surface area contributed by atoms with Crippen LogP contribution >= 0.6 is 0 Å². The number of sulfonamides is 1. The molecule has 0 unspecified atom stereocenters. The second kappa shape index (κ2) is 12.1. The molecule has 0 bridgehead atoms. The minimum Gasteiger partial charge on any atom is -0.378 e. The van der Waals surface area contributed by atoms with Crippen LogP contribution in [0.1, 0.15) is 19.3 Å². The van der Waals surface area contributed by atoms with Gasteiger partial charge in [0.25, 0.3) is 0 Å². The molecule has 0 heterocycles. The van der Waals surface area contributed by atoms with Crippen molar-refractivity contribution in [1.29, 1.82) is 0 Å². The van der Waals surface area contributed by atoms with Gasteiger partial charge in [0.1, 0.15) is 0 Å². The fourth-order valence-corrected chi connectivity index (χ4v) is 3.66. The number of nitrogens with zero attached hydrogens (tertiary/aromatic N) is 3. The van der Waals surface area contributed by atoms with Gasteiger partial charge in [-0.1, -0.05) is 0 Å². The van der Waals surface area contributed by atoms with E-state index in [9.17, 15) is 13.2 Å². The number of rotatable bonds is 12. The molecular formula is C21H30N6O3S. The highest BCUT2D eigenvalue weighted by Gasteiger charge is 2.13. The lowest BCUT2D eigenvalue weighted by Crippen LogP contribution is -2.28. The van der Waals surface area contributed by atoms with Crippen LogP contribution in [0.3, 0.4) is 0 Å². The molecule has 0 aliphatic rings. The molecule has 2 aromatic rings. The van der Waals surface area contributed by atoms with Gasteiger partial charge in [-0.15, -0.1) is 0 Å². The van der Waals surface area contributed by atoms with Crippen LogP contribution in [0.15, 0.2) is 63.7 Å². The van der Waals surface area contributed by atoms with E-state index in [1.165, 1.54) is 12.1 Å². The highest BCUT2D eigenvalue weighted by Crippen LogP contribution is 2.22. The summed E-state index contributed by atoms with van der Waals surface area (Å²) in [5.41, 5.74) is 7.68. The minimum absolute atomic E-state index is 0.112. The Balaban J connectivity index is 1.84. The van der Waals surface area contributed by atoms with Crippen molar-refractivity contribution in [3.05, 3.63) is 48.5 Å². The van der Waals surface area contributed by atoms with E-state index in [1.54, 1.807) is 12.1 Å². The number of nitrogens with one attached hydrogen (secondary N) is 2. The van der Waals surface area contributed by atoms with Gasteiger partial charge < -0.3 is 16.0 Å². The van der Waals surface area contributed by atoms with Crippen molar-refractivity contribution in [2.45, 2.75) is 24.2 Å². The van der Waals surface area contributed by atoms with Crippen molar-refractivity contribution in [2.75, 3.05) is 38.6 Å². The number of benzene rings is 2.